The molecule has 0 saturated heterocycles. The molecule has 194 valence electrons. The molecule has 0 bridgehead atoms. The summed E-state index contributed by atoms with van der Waals surface area (Å²) in [5, 5.41) is 49.6. The highest BCUT2D eigenvalue weighted by molar-refractivity contribution is 6.04. The molecule has 0 aliphatic carbocycles. The van der Waals surface area contributed by atoms with Crippen molar-refractivity contribution in [2.45, 2.75) is 34.1 Å². The first-order chi connectivity index (χ1) is 15.5. The van der Waals surface area contributed by atoms with E-state index in [1.165, 1.54) is 20.8 Å². The number of carboxylic acids is 3. The number of esters is 2. The van der Waals surface area contributed by atoms with Crippen LogP contribution in [0.1, 0.15) is 34.1 Å². The van der Waals surface area contributed by atoms with E-state index in [-0.39, 0.29) is 36.5 Å². The van der Waals surface area contributed by atoms with Crippen LogP contribution in [-0.2, 0) is 28.7 Å². The fourth-order valence-corrected chi connectivity index (χ4v) is 0.789. The van der Waals surface area contributed by atoms with Crippen molar-refractivity contribution in [3.63, 3.8) is 0 Å². The Morgan fingerprint density at radius 3 is 0.971 bits per heavy atom. The highest BCUT2D eigenvalue weighted by Gasteiger charge is 2.24. The van der Waals surface area contributed by atoms with Gasteiger partial charge in [0.1, 0.15) is 0 Å². The first-order valence-corrected chi connectivity index (χ1v) is 9.39. The van der Waals surface area contributed by atoms with Gasteiger partial charge in [0, 0.05) is 34.3 Å². The molecule has 0 spiro atoms. The Kier molecular flexibility index (Phi) is 23.6. The van der Waals surface area contributed by atoms with Crippen LogP contribution in [0.15, 0.2) is 48.6 Å². The van der Waals surface area contributed by atoms with Crippen LogP contribution < -0.4 is 0 Å². The Bertz CT molecular complexity index is 631. The second kappa shape index (κ2) is 21.2. The third-order valence-corrected chi connectivity index (χ3v) is 3.41. The van der Waals surface area contributed by atoms with Gasteiger partial charge in [-0.2, -0.15) is 0 Å². The lowest BCUT2D eigenvalue weighted by Gasteiger charge is -2.24. The van der Waals surface area contributed by atoms with E-state index in [9.17, 15) is 24.0 Å². The average molecular weight is 491 g/mol. The number of aliphatic hydroxyl groups excluding tert-OH is 3. The minimum Gasteiger partial charge on any atom is -0.478 e. The van der Waals surface area contributed by atoms with Crippen molar-refractivity contribution in [3.05, 3.63) is 48.6 Å². The van der Waals surface area contributed by atoms with E-state index in [0.29, 0.717) is 6.42 Å². The molecule has 0 unspecified atom stereocenters. The van der Waals surface area contributed by atoms with Gasteiger partial charge in [-0.05, 0) is 27.2 Å². The van der Waals surface area contributed by atoms with Crippen LogP contribution in [0.25, 0.3) is 0 Å². The molecule has 0 aromatic rings. The van der Waals surface area contributed by atoms with E-state index in [1.807, 2.05) is 6.92 Å². The molecule has 1 heterocycles. The van der Waals surface area contributed by atoms with Crippen molar-refractivity contribution in [2.75, 3.05) is 19.8 Å². The zero-order chi connectivity index (χ0) is 28.1. The van der Waals surface area contributed by atoms with Crippen LogP contribution in [0.2, 0.25) is 0 Å². The number of ether oxygens (including phenoxy) is 1. The largest absolute Gasteiger partial charge is 0.478 e. The fraction of sp³-hybridized carbons (Fsp3) is 0.409. The average Bonchev–Trinajstić information content (AvgIpc) is 3.14. The summed E-state index contributed by atoms with van der Waals surface area (Å²) >= 11 is 0. The van der Waals surface area contributed by atoms with Gasteiger partial charge in [-0.1, -0.05) is 26.7 Å². The topological polar surface area (TPSA) is 216 Å². The zero-order valence-corrected chi connectivity index (χ0v) is 19.7. The maximum Gasteiger partial charge on any atom is 0.338 e. The number of aliphatic carboxylic acids is 3. The van der Waals surface area contributed by atoms with E-state index >= 15 is 0 Å². The summed E-state index contributed by atoms with van der Waals surface area (Å²) in [6, 6.07) is 0. The molecule has 0 aromatic heterocycles. The van der Waals surface area contributed by atoms with Gasteiger partial charge < -0.3 is 35.4 Å². The number of carboxylic acid groups (broad SMARTS) is 3. The fourth-order valence-electron chi connectivity index (χ4n) is 0.789. The van der Waals surface area contributed by atoms with Gasteiger partial charge in [0.25, 0.3) is 0 Å². The molecule has 0 amide bonds. The Morgan fingerprint density at radius 2 is 0.941 bits per heavy atom. The molecule has 6 N–H and O–H groups in total. The van der Waals surface area contributed by atoms with Crippen LogP contribution in [0, 0.1) is 5.41 Å². The van der Waals surface area contributed by atoms with Crippen molar-refractivity contribution >= 4 is 29.8 Å². The van der Waals surface area contributed by atoms with Gasteiger partial charge in [0.2, 0.25) is 0 Å². The van der Waals surface area contributed by atoms with Crippen molar-refractivity contribution in [2.24, 2.45) is 5.41 Å². The highest BCUT2D eigenvalue weighted by atomic mass is 16.6. The summed E-state index contributed by atoms with van der Waals surface area (Å²) in [4.78, 5) is 48.6. The smallest absolute Gasteiger partial charge is 0.338 e. The van der Waals surface area contributed by atoms with Gasteiger partial charge in [0.05, 0.1) is 19.8 Å². The van der Waals surface area contributed by atoms with E-state index < -0.39 is 35.3 Å². The molecular formula is C22H34O12. The molecule has 34 heavy (non-hydrogen) atoms. The Hall–Kier alpha value is -3.61. The molecule has 0 fully saturated rings. The normalized spacial score (nSPS) is 10.8. The molecule has 12 nitrogen and oxygen atoms in total. The van der Waals surface area contributed by atoms with Crippen LogP contribution in [-0.4, -0.2) is 80.3 Å². The number of hydrogen-bond acceptors (Lipinski definition) is 9. The summed E-state index contributed by atoms with van der Waals surface area (Å²) in [5.74, 6) is -3.96. The minimum absolute atomic E-state index is 0.156. The summed E-state index contributed by atoms with van der Waals surface area (Å²) < 4.78 is 3.97. The van der Waals surface area contributed by atoms with Crippen molar-refractivity contribution < 1.29 is 59.3 Å². The predicted molar refractivity (Wildman–Crippen MR) is 122 cm³/mol. The zero-order valence-electron chi connectivity index (χ0n) is 19.7. The highest BCUT2D eigenvalue weighted by Crippen LogP contribution is 2.18. The third kappa shape index (κ3) is 24.7. The first kappa shape index (κ1) is 37.7. The second-order valence-corrected chi connectivity index (χ2v) is 6.66. The first-order valence-electron chi connectivity index (χ1n) is 9.39. The maximum absolute atomic E-state index is 9.92. The Labute approximate surface area is 197 Å². The molecule has 0 radical (unpaired) electrons. The number of rotatable bonds is 7. The molecule has 12 heteroatoms. The van der Waals surface area contributed by atoms with Crippen LogP contribution in [0.4, 0.5) is 0 Å². The van der Waals surface area contributed by atoms with E-state index in [1.54, 1.807) is 0 Å². The summed E-state index contributed by atoms with van der Waals surface area (Å²) in [5.41, 5.74) is -0.139. The summed E-state index contributed by atoms with van der Waals surface area (Å²) in [7, 11) is 0. The summed E-state index contributed by atoms with van der Waals surface area (Å²) in [6.07, 6.45) is 2.77. The standard InChI is InChI=1S/C6H14O3.C4H2O3.3C4H6O2/c1-2-6(3-7,4-8)5-9;5-3-1-2-4(6)7-3;3*1-3(2)4(5)6/h7-9H,2-5H2,1H3;1-2H;3*1H2,2H3,(H,5,6). The minimum atomic E-state index is -0.935. The maximum atomic E-state index is 9.92. The van der Waals surface area contributed by atoms with Crippen LogP contribution >= 0.6 is 0 Å². The second-order valence-electron chi connectivity index (χ2n) is 6.66. The monoisotopic (exact) mass is 490 g/mol. The van der Waals surface area contributed by atoms with Gasteiger partial charge in [-0.15, -0.1) is 0 Å². The lowest BCUT2D eigenvalue weighted by Crippen LogP contribution is -2.32. The Balaban J connectivity index is -0.000000167. The van der Waals surface area contributed by atoms with Crippen molar-refractivity contribution in [1.82, 2.24) is 0 Å². The number of carbonyl (C=O) groups is 5. The molecule has 1 aliphatic rings. The lowest BCUT2D eigenvalue weighted by molar-refractivity contribution is -0.150. The molecule has 0 atom stereocenters. The number of carbonyl (C=O) groups excluding carboxylic acids is 2. The lowest BCUT2D eigenvalue weighted by atomic mass is 9.88. The molecule has 1 aliphatic heterocycles. The predicted octanol–water partition coefficient (Wildman–Crippen LogP) is 0.927. The van der Waals surface area contributed by atoms with Gasteiger partial charge in [-0.25, -0.2) is 24.0 Å². The van der Waals surface area contributed by atoms with Crippen molar-refractivity contribution in [1.29, 1.82) is 0 Å². The molecule has 1 rings (SSSR count). The van der Waals surface area contributed by atoms with Gasteiger partial charge >= 0.3 is 29.8 Å². The number of cyclic esters (lactones) is 2. The number of hydrogen-bond donors (Lipinski definition) is 6. The van der Waals surface area contributed by atoms with E-state index in [2.05, 4.69) is 24.5 Å². The van der Waals surface area contributed by atoms with Gasteiger partial charge in [0.15, 0.2) is 0 Å². The third-order valence-electron chi connectivity index (χ3n) is 3.41. The quantitative estimate of drug-likeness (QED) is 0.167. The van der Waals surface area contributed by atoms with Crippen molar-refractivity contribution in [3.8, 4) is 0 Å². The summed E-state index contributed by atoms with van der Waals surface area (Å²) in [6.45, 7) is 15.2. The molecule has 0 aromatic carbocycles. The van der Waals surface area contributed by atoms with Crippen LogP contribution in [0.5, 0.6) is 0 Å². The van der Waals surface area contributed by atoms with Gasteiger partial charge in [-0.3, -0.25) is 0 Å². The SMILES string of the molecule is C=C(C)C(=O)O.C=C(C)C(=O)O.C=C(C)C(=O)O.CCC(CO)(CO)CO.O=C1C=CC(=O)O1. The Morgan fingerprint density at radius 1 is 0.735 bits per heavy atom. The number of aliphatic hydroxyl groups is 3. The van der Waals surface area contributed by atoms with Crippen LogP contribution in [0.3, 0.4) is 0 Å². The molecular weight excluding hydrogens is 456 g/mol. The molecule has 0 saturated carbocycles. The van der Waals surface area contributed by atoms with E-state index in [4.69, 9.17) is 30.6 Å². The van der Waals surface area contributed by atoms with E-state index in [0.717, 1.165) is 12.2 Å².